The van der Waals surface area contributed by atoms with Gasteiger partial charge in [-0.2, -0.15) is 0 Å². The van der Waals surface area contributed by atoms with E-state index >= 15 is 0 Å². The molecule has 0 spiro atoms. The molecule has 0 amide bonds. The quantitative estimate of drug-likeness (QED) is 0.844. The van der Waals surface area contributed by atoms with Gasteiger partial charge in [0, 0.05) is 12.7 Å². The topological polar surface area (TPSA) is 37.8 Å². The molecule has 1 aromatic heterocycles. The molecule has 1 aliphatic carbocycles. The van der Waals surface area contributed by atoms with Crippen LogP contribution in [-0.4, -0.2) is 16.5 Å². The molecule has 16 heavy (non-hydrogen) atoms. The molecule has 0 atom stereocenters. The smallest absolute Gasteiger partial charge is 0.115 e. The Kier molecular flexibility index (Phi) is 2.74. The first-order valence-electron chi connectivity index (χ1n) is 5.92. The van der Waals surface area contributed by atoms with Crippen molar-refractivity contribution in [2.24, 2.45) is 16.7 Å². The average Bonchev–Trinajstić information content (AvgIpc) is 2.62. The van der Waals surface area contributed by atoms with Crippen LogP contribution in [0.1, 0.15) is 33.4 Å². The van der Waals surface area contributed by atoms with Crippen LogP contribution in [0.25, 0.3) is 0 Å². The molecule has 1 fully saturated rings. The lowest BCUT2D eigenvalue weighted by Crippen LogP contribution is -2.19. The minimum Gasteiger partial charge on any atom is -0.311 e. The molecule has 0 aliphatic heterocycles. The van der Waals surface area contributed by atoms with E-state index in [1.807, 2.05) is 6.07 Å². The van der Waals surface area contributed by atoms with Gasteiger partial charge in [0.05, 0.1) is 5.69 Å². The summed E-state index contributed by atoms with van der Waals surface area (Å²) in [4.78, 5) is 8.10. The normalized spacial score (nSPS) is 22.0. The van der Waals surface area contributed by atoms with Crippen LogP contribution in [-0.2, 0) is 6.54 Å². The number of hydrogen-bond acceptors (Lipinski definition) is 3. The van der Waals surface area contributed by atoms with Crippen molar-refractivity contribution >= 4 is 0 Å². The molecule has 1 saturated carbocycles. The van der Waals surface area contributed by atoms with Gasteiger partial charge in [-0.05, 0) is 29.4 Å². The third-order valence-corrected chi connectivity index (χ3v) is 4.62. The Bertz CT molecular complexity index is 343. The van der Waals surface area contributed by atoms with E-state index in [-0.39, 0.29) is 0 Å². The SMILES string of the molecule is CC1(C)C(CNCc2ccncn2)C1(C)C. The minimum atomic E-state index is 0.464. The molecule has 0 unspecified atom stereocenters. The van der Waals surface area contributed by atoms with Gasteiger partial charge >= 0.3 is 0 Å². The summed E-state index contributed by atoms with van der Waals surface area (Å²) < 4.78 is 0. The summed E-state index contributed by atoms with van der Waals surface area (Å²) in [6, 6.07) is 1.95. The van der Waals surface area contributed by atoms with Gasteiger partial charge in [-0.1, -0.05) is 27.7 Å². The Hall–Kier alpha value is -0.960. The van der Waals surface area contributed by atoms with Crippen molar-refractivity contribution < 1.29 is 0 Å². The Morgan fingerprint density at radius 1 is 1.25 bits per heavy atom. The van der Waals surface area contributed by atoms with E-state index in [1.165, 1.54) is 0 Å². The number of nitrogens with one attached hydrogen (secondary N) is 1. The zero-order chi connectivity index (χ0) is 11.8. The van der Waals surface area contributed by atoms with Gasteiger partial charge in [-0.15, -0.1) is 0 Å². The van der Waals surface area contributed by atoms with Crippen molar-refractivity contribution in [1.29, 1.82) is 0 Å². The average molecular weight is 219 g/mol. The summed E-state index contributed by atoms with van der Waals surface area (Å²) >= 11 is 0. The number of nitrogens with zero attached hydrogens (tertiary/aromatic N) is 2. The zero-order valence-corrected chi connectivity index (χ0v) is 10.6. The Morgan fingerprint density at radius 2 is 1.94 bits per heavy atom. The van der Waals surface area contributed by atoms with Crippen molar-refractivity contribution in [3.8, 4) is 0 Å². The van der Waals surface area contributed by atoms with Crippen LogP contribution >= 0.6 is 0 Å². The molecule has 0 aromatic carbocycles. The number of rotatable bonds is 4. The summed E-state index contributed by atoms with van der Waals surface area (Å²) in [6.45, 7) is 11.3. The summed E-state index contributed by atoms with van der Waals surface area (Å²) in [6.07, 6.45) is 3.39. The Balaban J connectivity index is 1.79. The summed E-state index contributed by atoms with van der Waals surface area (Å²) in [5.41, 5.74) is 1.99. The first-order valence-corrected chi connectivity index (χ1v) is 5.92. The van der Waals surface area contributed by atoms with Gasteiger partial charge in [0.2, 0.25) is 0 Å². The second kappa shape index (κ2) is 3.81. The Morgan fingerprint density at radius 3 is 2.44 bits per heavy atom. The van der Waals surface area contributed by atoms with Crippen LogP contribution in [0.15, 0.2) is 18.6 Å². The highest BCUT2D eigenvalue weighted by atomic mass is 14.9. The van der Waals surface area contributed by atoms with Crippen molar-refractivity contribution in [3.63, 3.8) is 0 Å². The first kappa shape index (κ1) is 11.5. The maximum absolute atomic E-state index is 4.20. The van der Waals surface area contributed by atoms with E-state index in [4.69, 9.17) is 0 Å². The third-order valence-electron chi connectivity index (χ3n) is 4.62. The van der Waals surface area contributed by atoms with Crippen LogP contribution in [0.2, 0.25) is 0 Å². The van der Waals surface area contributed by atoms with Gasteiger partial charge in [0.1, 0.15) is 6.33 Å². The van der Waals surface area contributed by atoms with Gasteiger partial charge in [-0.25, -0.2) is 9.97 Å². The maximum atomic E-state index is 4.20. The van der Waals surface area contributed by atoms with Crippen molar-refractivity contribution in [2.75, 3.05) is 6.54 Å². The first-order chi connectivity index (χ1) is 7.46. The zero-order valence-electron chi connectivity index (χ0n) is 10.6. The van der Waals surface area contributed by atoms with Crippen LogP contribution in [0, 0.1) is 16.7 Å². The standard InChI is InChI=1S/C13H21N3/c1-12(2)11(13(12,3)4)8-15-7-10-5-6-14-9-16-10/h5-6,9,11,15H,7-8H2,1-4H3. The molecule has 3 nitrogen and oxygen atoms in total. The molecular formula is C13H21N3. The summed E-state index contributed by atoms with van der Waals surface area (Å²) in [5.74, 6) is 0.766. The van der Waals surface area contributed by atoms with Crippen molar-refractivity contribution in [1.82, 2.24) is 15.3 Å². The van der Waals surface area contributed by atoms with Crippen LogP contribution < -0.4 is 5.32 Å². The number of aromatic nitrogens is 2. The lowest BCUT2D eigenvalue weighted by molar-refractivity contribution is 0.457. The fourth-order valence-electron chi connectivity index (χ4n) is 2.61. The molecule has 0 bridgehead atoms. The highest BCUT2D eigenvalue weighted by Gasteiger charge is 2.63. The summed E-state index contributed by atoms with van der Waals surface area (Å²) in [5, 5.41) is 3.48. The molecule has 0 radical (unpaired) electrons. The monoisotopic (exact) mass is 219 g/mol. The predicted octanol–water partition coefficient (Wildman–Crippen LogP) is 2.25. The van der Waals surface area contributed by atoms with Crippen molar-refractivity contribution in [3.05, 3.63) is 24.3 Å². The van der Waals surface area contributed by atoms with E-state index in [9.17, 15) is 0 Å². The molecule has 1 aromatic rings. The molecule has 2 rings (SSSR count). The highest BCUT2D eigenvalue weighted by Crippen LogP contribution is 2.67. The second-order valence-corrected chi connectivity index (χ2v) is 5.83. The Labute approximate surface area is 97.7 Å². The molecule has 1 N–H and O–H groups in total. The lowest BCUT2D eigenvalue weighted by atomic mass is 10.0. The highest BCUT2D eigenvalue weighted by molar-refractivity contribution is 5.13. The molecular weight excluding hydrogens is 198 g/mol. The van der Waals surface area contributed by atoms with E-state index in [1.54, 1.807) is 12.5 Å². The van der Waals surface area contributed by atoms with Gasteiger partial charge < -0.3 is 5.32 Å². The lowest BCUT2D eigenvalue weighted by Gasteiger charge is -2.05. The van der Waals surface area contributed by atoms with Crippen LogP contribution in [0.3, 0.4) is 0 Å². The maximum Gasteiger partial charge on any atom is 0.115 e. The minimum absolute atomic E-state index is 0.464. The largest absolute Gasteiger partial charge is 0.311 e. The molecule has 3 heteroatoms. The second-order valence-electron chi connectivity index (χ2n) is 5.83. The van der Waals surface area contributed by atoms with E-state index in [0.717, 1.165) is 24.7 Å². The van der Waals surface area contributed by atoms with E-state index in [2.05, 4.69) is 43.0 Å². The van der Waals surface area contributed by atoms with E-state index < -0.39 is 0 Å². The van der Waals surface area contributed by atoms with Gasteiger partial charge in [-0.3, -0.25) is 0 Å². The third kappa shape index (κ3) is 1.84. The van der Waals surface area contributed by atoms with Crippen LogP contribution in [0.4, 0.5) is 0 Å². The fraction of sp³-hybridized carbons (Fsp3) is 0.692. The molecule has 1 aliphatic rings. The van der Waals surface area contributed by atoms with E-state index in [0.29, 0.717) is 10.8 Å². The van der Waals surface area contributed by atoms with Gasteiger partial charge in [0.15, 0.2) is 0 Å². The fourth-order valence-corrected chi connectivity index (χ4v) is 2.61. The molecule has 1 heterocycles. The van der Waals surface area contributed by atoms with Crippen LogP contribution in [0.5, 0.6) is 0 Å². The molecule has 0 saturated heterocycles. The van der Waals surface area contributed by atoms with Crippen molar-refractivity contribution in [2.45, 2.75) is 34.2 Å². The van der Waals surface area contributed by atoms with Gasteiger partial charge in [0.25, 0.3) is 0 Å². The number of hydrogen-bond donors (Lipinski definition) is 1. The molecule has 88 valence electrons. The summed E-state index contributed by atoms with van der Waals surface area (Å²) in [7, 11) is 0. The predicted molar refractivity (Wildman–Crippen MR) is 64.8 cm³/mol.